The Labute approximate surface area is 116 Å². The third kappa shape index (κ3) is 3.56. The molecule has 2 rings (SSSR count). The van der Waals surface area contributed by atoms with E-state index in [0.717, 1.165) is 24.7 Å². The van der Waals surface area contributed by atoms with Crippen LogP contribution in [0.5, 0.6) is 0 Å². The van der Waals surface area contributed by atoms with Gasteiger partial charge < -0.3 is 5.73 Å². The molecule has 0 radical (unpaired) electrons. The summed E-state index contributed by atoms with van der Waals surface area (Å²) in [7, 11) is 1.97. The molecule has 1 saturated carbocycles. The Balaban J connectivity index is 1.92. The quantitative estimate of drug-likeness (QED) is 0.859. The van der Waals surface area contributed by atoms with Gasteiger partial charge in [-0.05, 0) is 43.6 Å². The van der Waals surface area contributed by atoms with Crippen LogP contribution >= 0.6 is 0 Å². The number of rotatable bonds is 6. The van der Waals surface area contributed by atoms with Gasteiger partial charge in [-0.1, -0.05) is 26.2 Å². The molecule has 19 heavy (non-hydrogen) atoms. The molecule has 1 aromatic heterocycles. The highest BCUT2D eigenvalue weighted by Crippen LogP contribution is 2.41. The predicted molar refractivity (Wildman–Crippen MR) is 77.7 cm³/mol. The number of aryl methyl sites for hydroxylation is 1. The SMILES string of the molecule is CCCCC1CCC(CN)(Cc2ncnn2C)CC1. The molecule has 0 aromatic carbocycles. The zero-order valence-corrected chi connectivity index (χ0v) is 12.4. The van der Waals surface area contributed by atoms with Crippen LogP contribution < -0.4 is 5.73 Å². The molecule has 0 bridgehead atoms. The largest absolute Gasteiger partial charge is 0.330 e. The monoisotopic (exact) mass is 264 g/mol. The van der Waals surface area contributed by atoms with E-state index in [9.17, 15) is 0 Å². The van der Waals surface area contributed by atoms with Crippen LogP contribution in [-0.4, -0.2) is 21.3 Å². The fourth-order valence-electron chi connectivity index (χ4n) is 3.34. The molecule has 2 N–H and O–H groups in total. The number of hydrogen-bond donors (Lipinski definition) is 1. The van der Waals surface area contributed by atoms with Crippen molar-refractivity contribution in [1.82, 2.24) is 14.8 Å². The van der Waals surface area contributed by atoms with Crippen LogP contribution in [0.15, 0.2) is 6.33 Å². The lowest BCUT2D eigenvalue weighted by atomic mass is 9.67. The minimum absolute atomic E-state index is 0.267. The fraction of sp³-hybridized carbons (Fsp3) is 0.867. The van der Waals surface area contributed by atoms with E-state index >= 15 is 0 Å². The summed E-state index contributed by atoms with van der Waals surface area (Å²) in [6, 6.07) is 0. The molecule has 4 heteroatoms. The molecule has 0 aliphatic heterocycles. The molecule has 1 fully saturated rings. The average molecular weight is 264 g/mol. The third-order valence-corrected chi connectivity index (χ3v) is 4.90. The van der Waals surface area contributed by atoms with Crippen LogP contribution in [0.4, 0.5) is 0 Å². The van der Waals surface area contributed by atoms with Gasteiger partial charge in [0, 0.05) is 13.5 Å². The first-order valence-electron chi connectivity index (χ1n) is 7.72. The lowest BCUT2D eigenvalue weighted by molar-refractivity contribution is 0.146. The number of hydrogen-bond acceptors (Lipinski definition) is 3. The lowest BCUT2D eigenvalue weighted by Crippen LogP contribution is -2.37. The van der Waals surface area contributed by atoms with Gasteiger partial charge >= 0.3 is 0 Å². The maximum Gasteiger partial charge on any atom is 0.138 e. The first kappa shape index (κ1) is 14.5. The first-order valence-corrected chi connectivity index (χ1v) is 7.72. The normalized spacial score (nSPS) is 27.6. The molecular formula is C15H28N4. The topological polar surface area (TPSA) is 56.7 Å². The van der Waals surface area contributed by atoms with Crippen molar-refractivity contribution in [3.05, 3.63) is 12.2 Å². The van der Waals surface area contributed by atoms with Gasteiger partial charge in [0.1, 0.15) is 12.2 Å². The summed E-state index contributed by atoms with van der Waals surface area (Å²) in [6.07, 6.45) is 11.9. The van der Waals surface area contributed by atoms with Crippen molar-refractivity contribution >= 4 is 0 Å². The van der Waals surface area contributed by atoms with Gasteiger partial charge in [-0.2, -0.15) is 5.10 Å². The van der Waals surface area contributed by atoms with Gasteiger partial charge in [-0.25, -0.2) is 4.98 Å². The summed E-state index contributed by atoms with van der Waals surface area (Å²) in [5.41, 5.74) is 6.36. The van der Waals surface area contributed by atoms with Crippen molar-refractivity contribution in [2.45, 2.75) is 58.3 Å². The minimum atomic E-state index is 0.267. The maximum absolute atomic E-state index is 6.09. The number of unbranched alkanes of at least 4 members (excludes halogenated alkanes) is 1. The van der Waals surface area contributed by atoms with E-state index in [4.69, 9.17) is 5.73 Å². The van der Waals surface area contributed by atoms with Gasteiger partial charge in [0.15, 0.2) is 0 Å². The number of aromatic nitrogens is 3. The summed E-state index contributed by atoms with van der Waals surface area (Å²) in [6.45, 7) is 3.06. The Hall–Kier alpha value is -0.900. The Kier molecular flexibility index (Phi) is 4.97. The van der Waals surface area contributed by atoms with E-state index in [2.05, 4.69) is 17.0 Å². The van der Waals surface area contributed by atoms with Crippen LogP contribution in [0.2, 0.25) is 0 Å². The molecule has 0 atom stereocenters. The van der Waals surface area contributed by atoms with Crippen LogP contribution in [-0.2, 0) is 13.5 Å². The highest BCUT2D eigenvalue weighted by atomic mass is 15.3. The van der Waals surface area contributed by atoms with Crippen molar-refractivity contribution in [3.63, 3.8) is 0 Å². The van der Waals surface area contributed by atoms with E-state index in [1.807, 2.05) is 11.7 Å². The standard InChI is InChI=1S/C15H28N4/c1-3-4-5-13-6-8-15(11-16,9-7-13)10-14-17-12-18-19(14)2/h12-13H,3-11,16H2,1-2H3. The zero-order chi connectivity index (χ0) is 13.7. The van der Waals surface area contributed by atoms with Crippen LogP contribution in [0.3, 0.4) is 0 Å². The molecule has 0 saturated heterocycles. The van der Waals surface area contributed by atoms with Gasteiger partial charge in [0.25, 0.3) is 0 Å². The molecule has 1 heterocycles. The molecule has 0 amide bonds. The van der Waals surface area contributed by atoms with E-state index in [1.165, 1.54) is 44.9 Å². The molecule has 1 aromatic rings. The molecular weight excluding hydrogens is 236 g/mol. The van der Waals surface area contributed by atoms with Gasteiger partial charge in [-0.15, -0.1) is 0 Å². The van der Waals surface area contributed by atoms with Crippen LogP contribution in [0.25, 0.3) is 0 Å². The summed E-state index contributed by atoms with van der Waals surface area (Å²) < 4.78 is 1.89. The lowest BCUT2D eigenvalue weighted by Gasteiger charge is -2.39. The second-order valence-corrected chi connectivity index (χ2v) is 6.27. The second-order valence-electron chi connectivity index (χ2n) is 6.27. The highest BCUT2D eigenvalue weighted by Gasteiger charge is 2.35. The molecule has 108 valence electrons. The predicted octanol–water partition coefficient (Wildman–Crippen LogP) is 2.68. The van der Waals surface area contributed by atoms with Gasteiger partial charge in [0.2, 0.25) is 0 Å². The summed E-state index contributed by atoms with van der Waals surface area (Å²) in [4.78, 5) is 4.37. The smallest absolute Gasteiger partial charge is 0.138 e. The van der Waals surface area contributed by atoms with E-state index in [1.54, 1.807) is 6.33 Å². The molecule has 4 nitrogen and oxygen atoms in total. The Morgan fingerprint density at radius 1 is 1.42 bits per heavy atom. The van der Waals surface area contributed by atoms with Crippen molar-refractivity contribution in [2.24, 2.45) is 24.1 Å². The zero-order valence-electron chi connectivity index (χ0n) is 12.4. The first-order chi connectivity index (χ1) is 9.19. The minimum Gasteiger partial charge on any atom is -0.330 e. The molecule has 0 unspecified atom stereocenters. The Morgan fingerprint density at radius 2 is 2.16 bits per heavy atom. The van der Waals surface area contributed by atoms with Crippen molar-refractivity contribution < 1.29 is 0 Å². The molecule has 0 spiro atoms. The third-order valence-electron chi connectivity index (χ3n) is 4.90. The Morgan fingerprint density at radius 3 is 2.68 bits per heavy atom. The maximum atomic E-state index is 6.09. The van der Waals surface area contributed by atoms with Gasteiger partial charge in [-0.3, -0.25) is 4.68 Å². The van der Waals surface area contributed by atoms with Crippen molar-refractivity contribution in [1.29, 1.82) is 0 Å². The summed E-state index contributed by atoms with van der Waals surface area (Å²) in [5, 5.41) is 4.17. The summed E-state index contributed by atoms with van der Waals surface area (Å²) >= 11 is 0. The average Bonchev–Trinajstić information content (AvgIpc) is 2.83. The van der Waals surface area contributed by atoms with Crippen LogP contribution in [0, 0.1) is 11.3 Å². The van der Waals surface area contributed by atoms with Crippen LogP contribution in [0.1, 0.15) is 57.7 Å². The van der Waals surface area contributed by atoms with Crippen molar-refractivity contribution in [2.75, 3.05) is 6.54 Å². The Bertz CT molecular complexity index is 377. The molecule has 1 aliphatic carbocycles. The highest BCUT2D eigenvalue weighted by molar-refractivity contribution is 4.96. The van der Waals surface area contributed by atoms with Crippen molar-refractivity contribution in [3.8, 4) is 0 Å². The fourth-order valence-corrected chi connectivity index (χ4v) is 3.34. The van der Waals surface area contributed by atoms with E-state index in [-0.39, 0.29) is 5.41 Å². The molecule has 1 aliphatic rings. The number of nitrogens with two attached hydrogens (primary N) is 1. The van der Waals surface area contributed by atoms with Gasteiger partial charge in [0.05, 0.1) is 0 Å². The summed E-state index contributed by atoms with van der Waals surface area (Å²) in [5.74, 6) is 2.01. The van der Waals surface area contributed by atoms with E-state index < -0.39 is 0 Å². The number of nitrogens with zero attached hydrogens (tertiary/aromatic N) is 3. The van der Waals surface area contributed by atoms with E-state index in [0.29, 0.717) is 0 Å². The second kappa shape index (κ2) is 6.51.